The lowest BCUT2D eigenvalue weighted by Gasteiger charge is -2.39. The van der Waals surface area contributed by atoms with Crippen molar-refractivity contribution in [2.24, 2.45) is 23.3 Å². The van der Waals surface area contributed by atoms with Crippen molar-refractivity contribution in [3.8, 4) is 11.5 Å². The van der Waals surface area contributed by atoms with Crippen LogP contribution in [-0.2, 0) is 58.9 Å². The number of benzene rings is 5. The van der Waals surface area contributed by atoms with Crippen LogP contribution >= 0.6 is 34.5 Å². The molecule has 1 fully saturated rings. The number of likely N-dealkylation sites (N-methyl/N-ethyl adjacent to an activating group) is 2. The van der Waals surface area contributed by atoms with Crippen LogP contribution in [0.15, 0.2) is 97.1 Å². The summed E-state index contributed by atoms with van der Waals surface area (Å²) in [7, 11) is 3.02. The number of carbonyl (C=O) groups is 8. The highest BCUT2D eigenvalue weighted by Gasteiger charge is 2.46. The predicted octanol–water partition coefficient (Wildman–Crippen LogP) is 6.45. The van der Waals surface area contributed by atoms with E-state index >= 15 is 0 Å². The summed E-state index contributed by atoms with van der Waals surface area (Å²) in [5, 5.41) is 52.6. The number of nitrogens with one attached hydrogen (secondary N) is 3. The highest BCUT2D eigenvalue weighted by molar-refractivity contribution is 7.16. The Bertz CT molecular complexity index is 4140. The number of anilines is 3. The molecular weight excluding hydrogens is 1520 g/mol. The Kier molecular flexibility index (Phi) is 34.2. The Balaban J connectivity index is 0.737. The predicted molar refractivity (Wildman–Crippen MR) is 419 cm³/mol. The van der Waals surface area contributed by atoms with Crippen LogP contribution in [0.25, 0.3) is 21.5 Å². The van der Waals surface area contributed by atoms with E-state index in [1.807, 2.05) is 24.3 Å². The summed E-state index contributed by atoms with van der Waals surface area (Å²) in [6, 6.07) is 25.8. The number of aliphatic hydroxyl groups excluding tert-OH is 4. The SMILES string of the molecule is CC(C)[C@H](NC(=O)CCOCCOCCOCCOCCOCCOCCN)C(=O)C[C@@H](CCCNC(N)=O)C(=O)Nc1ccc(COC(=O)N(C)CCN(C)C(=O)Oc2cc3c(c4ccccc24)[C@H](CCl)CN3C(=O)c2ccc(C(=O)N3C[C@@H](CCl)c4c3cc(O[C@@H]3OC(CO)[C@H](O)C(O)[C@@H]3O)c3ccccc43)s2)cc1. The van der Waals surface area contributed by atoms with E-state index in [0.29, 0.717) is 117 Å². The molecule has 0 bridgehead atoms. The van der Waals surface area contributed by atoms with E-state index in [0.717, 1.165) is 22.5 Å². The summed E-state index contributed by atoms with van der Waals surface area (Å²) < 4.78 is 56.4. The molecule has 6 aromatic rings. The molecule has 3 aliphatic rings. The number of halogens is 2. The zero-order valence-electron chi connectivity index (χ0n) is 63.1. The fourth-order valence-corrected chi connectivity index (χ4v) is 14.6. The minimum absolute atomic E-state index is 0.0140. The molecule has 112 heavy (non-hydrogen) atoms. The van der Waals surface area contributed by atoms with Crippen molar-refractivity contribution in [3.05, 3.63) is 124 Å². The molecule has 0 spiro atoms. The number of carbonyl (C=O) groups excluding carboxylic acids is 8. The fraction of sp³-hybridized carbons (Fsp3) is 0.513. The first kappa shape index (κ1) is 87.5. The number of alkyl halides is 2. The van der Waals surface area contributed by atoms with Crippen LogP contribution in [0.2, 0.25) is 0 Å². The maximum Gasteiger partial charge on any atom is 0.415 e. The van der Waals surface area contributed by atoms with Gasteiger partial charge in [0, 0.05) is 124 Å². The van der Waals surface area contributed by atoms with Gasteiger partial charge in [-0.1, -0.05) is 74.5 Å². The second kappa shape index (κ2) is 43.7. The van der Waals surface area contributed by atoms with Gasteiger partial charge in [0.1, 0.15) is 42.5 Å². The summed E-state index contributed by atoms with van der Waals surface area (Å²) in [6.07, 6.45) is -8.92. The van der Waals surface area contributed by atoms with E-state index in [9.17, 15) is 58.8 Å². The van der Waals surface area contributed by atoms with Crippen LogP contribution in [-0.4, -0.2) is 266 Å². The third kappa shape index (κ3) is 23.6. The average molecular weight is 1620 g/mol. The Morgan fingerprint density at radius 2 is 1.14 bits per heavy atom. The number of nitrogens with zero attached hydrogens (tertiary/aromatic N) is 4. The number of ether oxygens (including phenoxy) is 10. The van der Waals surface area contributed by atoms with Gasteiger partial charge in [0.2, 0.25) is 18.1 Å². The van der Waals surface area contributed by atoms with Crippen LogP contribution in [0.1, 0.15) is 87.4 Å². The Hall–Kier alpha value is -8.42. The number of amides is 8. The largest absolute Gasteiger partial charge is 0.461 e. The van der Waals surface area contributed by atoms with Gasteiger partial charge < -0.3 is 115 Å². The molecule has 8 amide bonds. The maximum absolute atomic E-state index is 14.8. The summed E-state index contributed by atoms with van der Waals surface area (Å²) in [5.41, 5.74) is 14.1. The van der Waals surface area contributed by atoms with E-state index in [2.05, 4.69) is 16.0 Å². The molecule has 9 rings (SSSR count). The Labute approximate surface area is 663 Å². The van der Waals surface area contributed by atoms with Gasteiger partial charge in [0.15, 0.2) is 5.78 Å². The molecule has 1 aromatic heterocycles. The van der Waals surface area contributed by atoms with Crippen molar-refractivity contribution in [2.45, 2.75) is 94.7 Å². The first-order valence-electron chi connectivity index (χ1n) is 37.2. The van der Waals surface area contributed by atoms with Crippen LogP contribution in [0.3, 0.4) is 0 Å². The van der Waals surface area contributed by atoms with E-state index in [1.54, 1.807) is 96.4 Å². The van der Waals surface area contributed by atoms with Gasteiger partial charge in [0.25, 0.3) is 11.8 Å². The quantitative estimate of drug-likeness (QED) is 0.0146. The van der Waals surface area contributed by atoms with Gasteiger partial charge in [-0.15, -0.1) is 34.5 Å². The molecule has 2 unspecified atom stereocenters. The second-order valence-corrected chi connectivity index (χ2v) is 29.2. The smallest absolute Gasteiger partial charge is 0.415 e. The van der Waals surface area contributed by atoms with Gasteiger partial charge in [0.05, 0.1) is 113 Å². The molecular formula is C78H101Cl2N9O22S. The minimum Gasteiger partial charge on any atom is -0.461 e. The van der Waals surface area contributed by atoms with Crippen LogP contribution in [0.4, 0.5) is 31.4 Å². The lowest BCUT2D eigenvalue weighted by Crippen LogP contribution is -2.60. The third-order valence-electron chi connectivity index (χ3n) is 19.2. The maximum atomic E-state index is 14.8. The molecule has 9 atom stereocenters. The normalized spacial score (nSPS) is 18.4. The fourth-order valence-electron chi connectivity index (χ4n) is 13.2. The number of nitrogens with two attached hydrogens (primary N) is 2. The molecule has 4 heterocycles. The summed E-state index contributed by atoms with van der Waals surface area (Å²) in [6.45, 7) is 8.27. The zero-order valence-corrected chi connectivity index (χ0v) is 65.5. The van der Waals surface area contributed by atoms with E-state index < -0.39 is 91.1 Å². The minimum atomic E-state index is -1.70. The average Bonchev–Trinajstić information content (AvgIpc) is 1.57. The molecule has 11 N–H and O–H groups in total. The van der Waals surface area contributed by atoms with Gasteiger partial charge in [-0.25, -0.2) is 14.4 Å². The Morgan fingerprint density at radius 3 is 1.65 bits per heavy atom. The molecule has 34 heteroatoms. The first-order valence-corrected chi connectivity index (χ1v) is 39.1. The van der Waals surface area contributed by atoms with E-state index in [4.69, 9.17) is 82.0 Å². The van der Waals surface area contributed by atoms with Crippen molar-refractivity contribution in [1.82, 2.24) is 20.4 Å². The number of hydrogen-bond donors (Lipinski definition) is 9. The van der Waals surface area contributed by atoms with Crippen molar-refractivity contribution in [3.63, 3.8) is 0 Å². The number of rotatable bonds is 44. The summed E-state index contributed by atoms with van der Waals surface area (Å²) in [5.74, 6) is -3.29. The number of aliphatic hydroxyl groups is 4. The molecule has 5 aromatic carbocycles. The van der Waals surface area contributed by atoms with Crippen LogP contribution in [0, 0.1) is 11.8 Å². The standard InChI is InChI=1S/C78H101Cl2N9O22S/c1-47(2)68(85-65(92)21-26-102-28-30-104-32-34-106-36-37-107-35-33-105-31-29-103-27-22-81)59(91)38-49(10-9-23-83-76(82)99)72(96)84-52-17-15-48(16-18-52)46-108-77(100)86(3)24-25-87(4)78(101)111-61-40-58-67(56-14-8-6-12-54(56)61)51(42-80)44-89(58)74(98)64-20-19-63(112-64)73(97)88-43-50(41-79)66-55-13-7-5-11-53(55)60(39-57(66)88)109-75-71(95)70(94)69(93)62(45-90)110-75/h5-8,11-20,39-40,47,49-51,62,68-71,75,90,93-95H,9-10,21-38,41-46,81H2,1-4H3,(H,84,96)(H,85,92)(H3,82,83,99)/t49-,50-,51-,62?,68+,69+,70?,71+,75-/m1/s1. The number of Topliss-reactive ketones (excluding diaryl/α,β-unsaturated/α-hetero) is 1. The van der Waals surface area contributed by atoms with E-state index in [1.165, 1.54) is 23.9 Å². The molecule has 3 aliphatic heterocycles. The molecule has 0 saturated carbocycles. The van der Waals surface area contributed by atoms with Crippen molar-refractivity contribution in [1.29, 1.82) is 0 Å². The number of urea groups is 1. The molecule has 1 saturated heterocycles. The topological polar surface area (TPSA) is 411 Å². The molecule has 0 aliphatic carbocycles. The van der Waals surface area contributed by atoms with Crippen molar-refractivity contribution < 1.29 is 106 Å². The summed E-state index contributed by atoms with van der Waals surface area (Å²) in [4.78, 5) is 115. The number of hydrogen-bond acceptors (Lipinski definition) is 24. The van der Waals surface area contributed by atoms with Gasteiger partial charge in [-0.05, 0) is 70.5 Å². The highest BCUT2D eigenvalue weighted by atomic mass is 35.5. The van der Waals surface area contributed by atoms with Crippen molar-refractivity contribution >= 4 is 121 Å². The van der Waals surface area contributed by atoms with E-state index in [-0.39, 0.29) is 135 Å². The van der Waals surface area contributed by atoms with Crippen LogP contribution < -0.4 is 46.7 Å². The Morgan fingerprint density at radius 1 is 0.643 bits per heavy atom. The van der Waals surface area contributed by atoms with Gasteiger partial charge >= 0.3 is 18.2 Å². The second-order valence-electron chi connectivity index (χ2n) is 27.5. The number of fused-ring (bicyclic) bond motifs is 6. The number of primary amides is 1. The van der Waals surface area contributed by atoms with Crippen molar-refractivity contribution in [2.75, 3.05) is 166 Å². The van der Waals surface area contributed by atoms with Gasteiger partial charge in [-0.2, -0.15) is 0 Å². The monoisotopic (exact) mass is 1620 g/mol. The number of thiophene rings is 1. The summed E-state index contributed by atoms with van der Waals surface area (Å²) >= 11 is 14.3. The molecule has 0 radical (unpaired) electrons. The lowest BCUT2D eigenvalue weighted by molar-refractivity contribution is -0.277. The highest BCUT2D eigenvalue weighted by Crippen LogP contribution is 2.49. The van der Waals surface area contributed by atoms with Crippen LogP contribution in [0.5, 0.6) is 11.5 Å². The molecule has 610 valence electrons. The third-order valence-corrected chi connectivity index (χ3v) is 21.0. The zero-order chi connectivity index (χ0) is 80.4. The first-order chi connectivity index (χ1) is 54.0. The van der Waals surface area contributed by atoms with Gasteiger partial charge in [-0.3, -0.25) is 24.0 Å². The number of ketones is 1. The molecule has 31 nitrogen and oxygen atoms in total. The lowest BCUT2D eigenvalue weighted by atomic mass is 9.89.